The molecule has 1 rings (SSSR count). The molecule has 0 aromatic carbocycles. The second-order valence-electron chi connectivity index (χ2n) is 3.07. The van der Waals surface area contributed by atoms with Crippen molar-refractivity contribution in [3.8, 4) is 0 Å². The highest BCUT2D eigenvalue weighted by atomic mass is 32.2. The average Bonchev–Trinajstić information content (AvgIpc) is 2.58. The smallest absolute Gasteiger partial charge is 0.174 e. The van der Waals surface area contributed by atoms with Crippen molar-refractivity contribution in [2.24, 2.45) is 0 Å². The molecule has 0 aliphatic heterocycles. The molecule has 0 radical (unpaired) electrons. The summed E-state index contributed by atoms with van der Waals surface area (Å²) in [4.78, 5) is 0. The summed E-state index contributed by atoms with van der Waals surface area (Å²) >= 11 is 3.44. The third-order valence-corrected chi connectivity index (χ3v) is 3.84. The van der Waals surface area contributed by atoms with E-state index in [9.17, 15) is 0 Å². The lowest BCUT2D eigenvalue weighted by Crippen LogP contribution is -1.85. The summed E-state index contributed by atoms with van der Waals surface area (Å²) in [5.74, 6) is 1.11. The van der Waals surface area contributed by atoms with Gasteiger partial charge in [-0.25, -0.2) is 0 Å². The first-order chi connectivity index (χ1) is 6.83. The molecule has 0 aliphatic rings. The second-order valence-corrected chi connectivity index (χ2v) is 5.60. The number of aliphatic hydroxyl groups excluding tert-OH is 1. The number of aryl methyl sites for hydroxylation is 1. The van der Waals surface area contributed by atoms with Crippen molar-refractivity contribution >= 4 is 23.1 Å². The average molecular weight is 232 g/mol. The molecule has 3 nitrogen and oxygen atoms in total. The number of hydrogen-bond donors (Lipinski definition) is 1. The third kappa shape index (κ3) is 4.93. The fourth-order valence-corrected chi connectivity index (χ4v) is 2.95. The van der Waals surface area contributed by atoms with Crippen LogP contribution in [0.5, 0.6) is 0 Å². The van der Waals surface area contributed by atoms with Crippen LogP contribution in [0.4, 0.5) is 0 Å². The fourth-order valence-electron chi connectivity index (χ4n) is 1.06. The van der Waals surface area contributed by atoms with E-state index in [1.54, 1.807) is 23.1 Å². The minimum Gasteiger partial charge on any atom is -0.396 e. The summed E-state index contributed by atoms with van der Waals surface area (Å²) in [6.45, 7) is 2.30. The molecule has 0 atom stereocenters. The standard InChI is InChI=1S/C9H16N2OS2/c1-8-10-11-9(14-8)13-7-5-3-2-4-6-12/h12H,2-7H2,1H3. The number of rotatable bonds is 7. The van der Waals surface area contributed by atoms with Gasteiger partial charge in [0.25, 0.3) is 0 Å². The zero-order chi connectivity index (χ0) is 10.2. The predicted molar refractivity (Wildman–Crippen MR) is 60.9 cm³/mol. The molecule has 1 N–H and O–H groups in total. The maximum Gasteiger partial charge on any atom is 0.174 e. The van der Waals surface area contributed by atoms with Gasteiger partial charge < -0.3 is 5.11 Å². The van der Waals surface area contributed by atoms with Crippen molar-refractivity contribution in [2.45, 2.75) is 36.9 Å². The molecule has 1 heterocycles. The summed E-state index contributed by atoms with van der Waals surface area (Å²) in [6, 6.07) is 0. The number of aromatic nitrogens is 2. The van der Waals surface area contributed by atoms with Gasteiger partial charge in [0, 0.05) is 12.4 Å². The number of aliphatic hydroxyl groups is 1. The minimum atomic E-state index is 0.322. The van der Waals surface area contributed by atoms with E-state index < -0.39 is 0 Å². The highest BCUT2D eigenvalue weighted by Gasteiger charge is 1.99. The van der Waals surface area contributed by atoms with E-state index in [1.165, 1.54) is 12.8 Å². The molecule has 80 valence electrons. The van der Waals surface area contributed by atoms with Crippen LogP contribution in [-0.2, 0) is 0 Å². The SMILES string of the molecule is Cc1nnc(SCCCCCCO)s1. The molecule has 5 heteroatoms. The van der Waals surface area contributed by atoms with Gasteiger partial charge in [-0.05, 0) is 19.8 Å². The van der Waals surface area contributed by atoms with E-state index in [0.717, 1.165) is 27.9 Å². The number of nitrogens with zero attached hydrogens (tertiary/aromatic N) is 2. The van der Waals surface area contributed by atoms with Gasteiger partial charge in [0.15, 0.2) is 4.34 Å². The predicted octanol–water partition coefficient (Wildman–Crippen LogP) is 2.49. The molecule has 1 aromatic rings. The van der Waals surface area contributed by atoms with Gasteiger partial charge in [0.2, 0.25) is 0 Å². The lowest BCUT2D eigenvalue weighted by atomic mass is 10.2. The minimum absolute atomic E-state index is 0.322. The quantitative estimate of drug-likeness (QED) is 0.579. The van der Waals surface area contributed by atoms with Crippen LogP contribution in [0.15, 0.2) is 4.34 Å². The molecular formula is C9H16N2OS2. The largest absolute Gasteiger partial charge is 0.396 e. The lowest BCUT2D eigenvalue weighted by Gasteiger charge is -1.97. The summed E-state index contributed by atoms with van der Waals surface area (Å²) in [5.41, 5.74) is 0. The highest BCUT2D eigenvalue weighted by Crippen LogP contribution is 2.22. The van der Waals surface area contributed by atoms with Gasteiger partial charge in [-0.1, -0.05) is 35.9 Å². The molecule has 0 bridgehead atoms. The van der Waals surface area contributed by atoms with Crippen molar-refractivity contribution in [1.29, 1.82) is 0 Å². The highest BCUT2D eigenvalue weighted by molar-refractivity contribution is 8.01. The van der Waals surface area contributed by atoms with Gasteiger partial charge in [0.05, 0.1) is 0 Å². The van der Waals surface area contributed by atoms with E-state index >= 15 is 0 Å². The Balaban J connectivity index is 1.99. The summed E-state index contributed by atoms with van der Waals surface area (Å²) < 4.78 is 1.07. The zero-order valence-corrected chi connectivity index (χ0v) is 10.0. The first kappa shape index (κ1) is 11.9. The van der Waals surface area contributed by atoms with Crippen LogP contribution in [0.25, 0.3) is 0 Å². The normalized spacial score (nSPS) is 10.7. The molecule has 0 unspecified atom stereocenters. The molecule has 14 heavy (non-hydrogen) atoms. The van der Waals surface area contributed by atoms with E-state index in [0.29, 0.717) is 6.61 Å². The maximum atomic E-state index is 8.58. The van der Waals surface area contributed by atoms with Crippen molar-refractivity contribution in [3.05, 3.63) is 5.01 Å². The molecular weight excluding hydrogens is 216 g/mol. The number of thioether (sulfide) groups is 1. The Hall–Kier alpha value is -0.130. The molecule has 0 aliphatic carbocycles. The Kier molecular flexibility index (Phi) is 6.14. The second kappa shape index (κ2) is 7.20. The zero-order valence-electron chi connectivity index (χ0n) is 8.40. The van der Waals surface area contributed by atoms with Crippen molar-refractivity contribution in [3.63, 3.8) is 0 Å². The first-order valence-electron chi connectivity index (χ1n) is 4.86. The Morgan fingerprint density at radius 3 is 2.64 bits per heavy atom. The van der Waals surface area contributed by atoms with Gasteiger partial charge in [-0.15, -0.1) is 10.2 Å². The summed E-state index contributed by atoms with van der Waals surface area (Å²) in [5, 5.41) is 17.6. The van der Waals surface area contributed by atoms with E-state index in [-0.39, 0.29) is 0 Å². The molecule has 0 spiro atoms. The summed E-state index contributed by atoms with van der Waals surface area (Å²) in [7, 11) is 0. The van der Waals surface area contributed by atoms with E-state index in [4.69, 9.17) is 5.11 Å². The van der Waals surface area contributed by atoms with Crippen LogP contribution < -0.4 is 0 Å². The Labute approximate surface area is 93.0 Å². The van der Waals surface area contributed by atoms with Crippen LogP contribution in [0.1, 0.15) is 30.7 Å². The lowest BCUT2D eigenvalue weighted by molar-refractivity contribution is 0.283. The topological polar surface area (TPSA) is 46.0 Å². The molecule has 0 amide bonds. The first-order valence-corrected chi connectivity index (χ1v) is 6.67. The van der Waals surface area contributed by atoms with Crippen molar-refractivity contribution < 1.29 is 5.11 Å². The van der Waals surface area contributed by atoms with Gasteiger partial charge >= 0.3 is 0 Å². The van der Waals surface area contributed by atoms with E-state index in [2.05, 4.69) is 10.2 Å². The number of unbranched alkanes of at least 4 members (excludes halogenated alkanes) is 3. The van der Waals surface area contributed by atoms with Gasteiger partial charge in [-0.3, -0.25) is 0 Å². The fraction of sp³-hybridized carbons (Fsp3) is 0.778. The van der Waals surface area contributed by atoms with Crippen LogP contribution in [0.3, 0.4) is 0 Å². The van der Waals surface area contributed by atoms with E-state index in [1.807, 2.05) is 6.92 Å². The molecule has 1 aromatic heterocycles. The Bertz CT molecular complexity index is 253. The van der Waals surface area contributed by atoms with Crippen LogP contribution in [-0.4, -0.2) is 27.7 Å². The van der Waals surface area contributed by atoms with Gasteiger partial charge in [-0.2, -0.15) is 0 Å². The number of hydrogen-bond acceptors (Lipinski definition) is 5. The van der Waals surface area contributed by atoms with Crippen molar-refractivity contribution in [2.75, 3.05) is 12.4 Å². The van der Waals surface area contributed by atoms with Crippen LogP contribution in [0, 0.1) is 6.92 Å². The van der Waals surface area contributed by atoms with Gasteiger partial charge in [0.1, 0.15) is 5.01 Å². The molecule has 0 saturated carbocycles. The third-order valence-electron chi connectivity index (χ3n) is 1.79. The van der Waals surface area contributed by atoms with Crippen LogP contribution in [0.2, 0.25) is 0 Å². The van der Waals surface area contributed by atoms with Crippen LogP contribution >= 0.6 is 23.1 Å². The van der Waals surface area contributed by atoms with Crippen molar-refractivity contribution in [1.82, 2.24) is 10.2 Å². The molecule has 0 fully saturated rings. The Morgan fingerprint density at radius 1 is 1.21 bits per heavy atom. The monoisotopic (exact) mass is 232 g/mol. The Morgan fingerprint density at radius 2 is 2.00 bits per heavy atom. The molecule has 0 saturated heterocycles. The summed E-state index contributed by atoms with van der Waals surface area (Å²) in [6.07, 6.45) is 4.46. The maximum absolute atomic E-state index is 8.58.